The molecule has 0 radical (unpaired) electrons. The van der Waals surface area contributed by atoms with Crippen LogP contribution in [-0.4, -0.2) is 42.0 Å². The van der Waals surface area contributed by atoms with Crippen molar-refractivity contribution in [2.45, 2.75) is 50.1 Å². The fourth-order valence-electron chi connectivity index (χ4n) is 2.85. The van der Waals surface area contributed by atoms with Crippen molar-refractivity contribution in [1.29, 1.82) is 5.26 Å². The molecule has 3 N–H and O–H groups in total. The summed E-state index contributed by atoms with van der Waals surface area (Å²) in [7, 11) is 0. The third-order valence-corrected chi connectivity index (χ3v) is 3.90. The van der Waals surface area contributed by atoms with E-state index in [0.717, 1.165) is 38.8 Å². The van der Waals surface area contributed by atoms with Gasteiger partial charge >= 0.3 is 0 Å². The smallest absolute Gasteiger partial charge is 0.235 e. The lowest BCUT2D eigenvalue weighted by molar-refractivity contribution is -0.124. The second kappa shape index (κ2) is 5.68. The van der Waals surface area contributed by atoms with Crippen molar-refractivity contribution in [3.05, 3.63) is 0 Å². The van der Waals surface area contributed by atoms with E-state index >= 15 is 0 Å². The Kier molecular flexibility index (Phi) is 4.20. The van der Waals surface area contributed by atoms with Crippen LogP contribution in [0.3, 0.4) is 0 Å². The van der Waals surface area contributed by atoms with E-state index in [2.05, 4.69) is 11.4 Å². The minimum absolute atomic E-state index is 0.0367. The molecular weight excluding hydrogens is 228 g/mol. The summed E-state index contributed by atoms with van der Waals surface area (Å²) in [4.78, 5) is 14.0. The Morgan fingerprint density at radius 2 is 1.94 bits per heavy atom. The lowest BCUT2D eigenvalue weighted by Crippen LogP contribution is -2.59. The van der Waals surface area contributed by atoms with Crippen LogP contribution >= 0.6 is 0 Å². The zero-order chi connectivity index (χ0) is 13.0. The molecule has 100 valence electrons. The summed E-state index contributed by atoms with van der Waals surface area (Å²) in [5.41, 5.74) is 5.05. The molecule has 0 spiro atoms. The number of hydrogen-bond donors (Lipinski definition) is 2. The van der Waals surface area contributed by atoms with Gasteiger partial charge in [-0.3, -0.25) is 9.69 Å². The SMILES string of the molecule is N#CC1(NC(=O)CN2CC(N)C2)CCCCCC1. The highest BCUT2D eigenvalue weighted by atomic mass is 16.2. The molecule has 0 bridgehead atoms. The Morgan fingerprint density at radius 3 is 2.44 bits per heavy atom. The quantitative estimate of drug-likeness (QED) is 0.709. The number of rotatable bonds is 3. The molecule has 2 aliphatic rings. The second-order valence-corrected chi connectivity index (χ2v) is 5.61. The second-order valence-electron chi connectivity index (χ2n) is 5.61. The molecule has 5 heteroatoms. The molecule has 2 fully saturated rings. The predicted octanol–water partition coefficient (Wildman–Crippen LogP) is 0.362. The third kappa shape index (κ3) is 3.21. The highest BCUT2D eigenvalue weighted by Gasteiger charge is 2.33. The Bertz CT molecular complexity index is 335. The molecular formula is C13H22N4O. The molecule has 1 heterocycles. The monoisotopic (exact) mass is 250 g/mol. The number of hydrogen-bond acceptors (Lipinski definition) is 4. The van der Waals surface area contributed by atoms with E-state index in [1.54, 1.807) is 0 Å². The minimum atomic E-state index is -0.624. The van der Waals surface area contributed by atoms with Crippen LogP contribution in [0.4, 0.5) is 0 Å². The first kappa shape index (κ1) is 13.3. The van der Waals surface area contributed by atoms with E-state index in [4.69, 9.17) is 5.73 Å². The maximum atomic E-state index is 12.0. The molecule has 1 saturated carbocycles. The third-order valence-electron chi connectivity index (χ3n) is 3.90. The van der Waals surface area contributed by atoms with Gasteiger partial charge in [-0.2, -0.15) is 5.26 Å². The van der Waals surface area contributed by atoms with Crippen molar-refractivity contribution in [2.75, 3.05) is 19.6 Å². The van der Waals surface area contributed by atoms with E-state index in [-0.39, 0.29) is 11.9 Å². The fraction of sp³-hybridized carbons (Fsp3) is 0.846. The summed E-state index contributed by atoms with van der Waals surface area (Å²) in [6.45, 7) is 1.94. The number of nitriles is 1. The van der Waals surface area contributed by atoms with Gasteiger partial charge in [0.2, 0.25) is 5.91 Å². The minimum Gasteiger partial charge on any atom is -0.337 e. The normalized spacial score (nSPS) is 24.7. The van der Waals surface area contributed by atoms with Gasteiger partial charge in [0.1, 0.15) is 5.54 Å². The Balaban J connectivity index is 1.85. The zero-order valence-electron chi connectivity index (χ0n) is 10.8. The first-order valence-electron chi connectivity index (χ1n) is 6.84. The molecule has 5 nitrogen and oxygen atoms in total. The Labute approximate surface area is 108 Å². The van der Waals surface area contributed by atoms with Crippen molar-refractivity contribution in [3.8, 4) is 6.07 Å². The van der Waals surface area contributed by atoms with Gasteiger partial charge in [-0.1, -0.05) is 25.7 Å². The zero-order valence-corrected chi connectivity index (χ0v) is 10.8. The molecule has 2 rings (SSSR count). The summed E-state index contributed by atoms with van der Waals surface area (Å²) in [6.07, 6.45) is 5.97. The molecule has 1 amide bonds. The van der Waals surface area contributed by atoms with Gasteiger partial charge in [0, 0.05) is 19.1 Å². The molecule has 1 aliphatic carbocycles. The number of carbonyl (C=O) groups is 1. The van der Waals surface area contributed by atoms with Gasteiger partial charge in [-0.15, -0.1) is 0 Å². The van der Waals surface area contributed by atoms with Crippen molar-refractivity contribution in [3.63, 3.8) is 0 Å². The Hall–Kier alpha value is -1.12. The molecule has 0 atom stereocenters. The summed E-state index contributed by atoms with van der Waals surface area (Å²) in [6, 6.07) is 2.54. The van der Waals surface area contributed by atoms with Gasteiger partial charge in [-0.25, -0.2) is 0 Å². The van der Waals surface area contributed by atoms with Crippen LogP contribution in [0.2, 0.25) is 0 Å². The number of carbonyl (C=O) groups excluding carboxylic acids is 1. The van der Waals surface area contributed by atoms with Crippen LogP contribution < -0.4 is 11.1 Å². The van der Waals surface area contributed by atoms with Crippen LogP contribution in [0.5, 0.6) is 0 Å². The van der Waals surface area contributed by atoms with Crippen molar-refractivity contribution in [1.82, 2.24) is 10.2 Å². The standard InChI is InChI=1S/C13H22N4O/c14-10-13(5-3-1-2-4-6-13)16-12(18)9-17-7-11(15)8-17/h11H,1-9,15H2,(H,16,18). The number of amides is 1. The van der Waals surface area contributed by atoms with Crippen LogP contribution in [0.1, 0.15) is 38.5 Å². The maximum Gasteiger partial charge on any atom is 0.235 e. The van der Waals surface area contributed by atoms with Gasteiger partial charge in [-0.05, 0) is 12.8 Å². The van der Waals surface area contributed by atoms with E-state index in [1.165, 1.54) is 12.8 Å². The summed E-state index contributed by atoms with van der Waals surface area (Å²) in [5, 5.41) is 12.3. The van der Waals surface area contributed by atoms with Gasteiger partial charge in [0.05, 0.1) is 12.6 Å². The largest absolute Gasteiger partial charge is 0.337 e. The number of nitrogens with one attached hydrogen (secondary N) is 1. The average Bonchev–Trinajstić information content (AvgIpc) is 2.53. The molecule has 0 aromatic heterocycles. The predicted molar refractivity (Wildman–Crippen MR) is 68.6 cm³/mol. The number of nitrogens with zero attached hydrogens (tertiary/aromatic N) is 2. The van der Waals surface area contributed by atoms with Gasteiger partial charge < -0.3 is 11.1 Å². The van der Waals surface area contributed by atoms with Gasteiger partial charge in [0.25, 0.3) is 0 Å². The van der Waals surface area contributed by atoms with E-state index < -0.39 is 5.54 Å². The van der Waals surface area contributed by atoms with Crippen LogP contribution in [-0.2, 0) is 4.79 Å². The van der Waals surface area contributed by atoms with E-state index in [1.807, 2.05) is 4.90 Å². The topological polar surface area (TPSA) is 82.2 Å². The highest BCUT2D eigenvalue weighted by molar-refractivity contribution is 5.79. The van der Waals surface area contributed by atoms with Crippen LogP contribution in [0.15, 0.2) is 0 Å². The molecule has 18 heavy (non-hydrogen) atoms. The first-order valence-corrected chi connectivity index (χ1v) is 6.84. The van der Waals surface area contributed by atoms with E-state index in [9.17, 15) is 10.1 Å². The summed E-state index contributed by atoms with van der Waals surface area (Å²) in [5.74, 6) is -0.0367. The lowest BCUT2D eigenvalue weighted by atomic mass is 9.92. The molecule has 1 saturated heterocycles. The fourth-order valence-corrected chi connectivity index (χ4v) is 2.85. The summed E-state index contributed by atoms with van der Waals surface area (Å²) < 4.78 is 0. The number of likely N-dealkylation sites (tertiary alicyclic amines) is 1. The van der Waals surface area contributed by atoms with E-state index in [0.29, 0.717) is 6.54 Å². The van der Waals surface area contributed by atoms with Gasteiger partial charge in [0.15, 0.2) is 0 Å². The Morgan fingerprint density at radius 1 is 1.33 bits per heavy atom. The van der Waals surface area contributed by atoms with Crippen LogP contribution in [0, 0.1) is 11.3 Å². The molecule has 0 aromatic rings. The maximum absolute atomic E-state index is 12.0. The lowest BCUT2D eigenvalue weighted by Gasteiger charge is -2.37. The number of nitrogens with two attached hydrogens (primary N) is 1. The summed E-state index contributed by atoms with van der Waals surface area (Å²) >= 11 is 0. The molecule has 1 aliphatic heterocycles. The first-order chi connectivity index (χ1) is 8.63. The molecule has 0 aromatic carbocycles. The van der Waals surface area contributed by atoms with Crippen LogP contribution in [0.25, 0.3) is 0 Å². The molecule has 0 unspecified atom stereocenters. The average molecular weight is 250 g/mol. The highest BCUT2D eigenvalue weighted by Crippen LogP contribution is 2.26. The van der Waals surface area contributed by atoms with Crippen molar-refractivity contribution < 1.29 is 4.79 Å². The van der Waals surface area contributed by atoms with Crippen molar-refractivity contribution >= 4 is 5.91 Å². The van der Waals surface area contributed by atoms with Crippen molar-refractivity contribution in [2.24, 2.45) is 5.73 Å².